The van der Waals surface area contributed by atoms with Gasteiger partial charge in [0.2, 0.25) is 10.0 Å². The highest BCUT2D eigenvalue weighted by Crippen LogP contribution is 2.11. The number of alkyl halides is 1. The van der Waals surface area contributed by atoms with Crippen LogP contribution in [0.4, 0.5) is 0 Å². The minimum absolute atomic E-state index is 0.104. The third-order valence-corrected chi connectivity index (χ3v) is 5.15. The molecule has 0 amide bonds. The van der Waals surface area contributed by atoms with Gasteiger partial charge in [0.05, 0.1) is 11.9 Å². The SMILES string of the molecule is COCC(C)N(C)S(=O)(=O)C(C)CCl. The highest BCUT2D eigenvalue weighted by molar-refractivity contribution is 7.89. The van der Waals surface area contributed by atoms with Crippen molar-refractivity contribution < 1.29 is 13.2 Å². The predicted octanol–water partition coefficient (Wildman–Crippen LogP) is 0.910. The molecule has 0 aliphatic rings. The summed E-state index contributed by atoms with van der Waals surface area (Å²) in [4.78, 5) is 0. The maximum atomic E-state index is 11.8. The Kier molecular flexibility index (Phi) is 5.97. The van der Waals surface area contributed by atoms with E-state index in [0.717, 1.165) is 0 Å². The number of sulfonamides is 1. The molecule has 14 heavy (non-hydrogen) atoms. The second-order valence-electron chi connectivity index (χ2n) is 3.33. The zero-order valence-corrected chi connectivity index (χ0v) is 10.6. The van der Waals surface area contributed by atoms with Gasteiger partial charge in [-0.3, -0.25) is 0 Å². The Hall–Kier alpha value is 0.160. The molecule has 0 spiro atoms. The van der Waals surface area contributed by atoms with Crippen LogP contribution in [0.15, 0.2) is 0 Å². The molecule has 2 unspecified atom stereocenters. The number of halogens is 1. The average Bonchev–Trinajstić information content (AvgIpc) is 2.15. The maximum Gasteiger partial charge on any atom is 0.217 e. The molecule has 0 fully saturated rings. The van der Waals surface area contributed by atoms with E-state index in [-0.39, 0.29) is 11.9 Å². The molecule has 2 atom stereocenters. The van der Waals surface area contributed by atoms with Crippen LogP contribution >= 0.6 is 11.6 Å². The van der Waals surface area contributed by atoms with Crippen molar-refractivity contribution in [1.82, 2.24) is 4.31 Å². The van der Waals surface area contributed by atoms with Crippen molar-refractivity contribution in [3.63, 3.8) is 0 Å². The van der Waals surface area contributed by atoms with Crippen LogP contribution in [0.1, 0.15) is 13.8 Å². The first-order valence-corrected chi connectivity index (χ1v) is 6.43. The van der Waals surface area contributed by atoms with Crippen LogP contribution in [-0.2, 0) is 14.8 Å². The Balaban J connectivity index is 4.58. The van der Waals surface area contributed by atoms with Crippen LogP contribution in [0.25, 0.3) is 0 Å². The van der Waals surface area contributed by atoms with E-state index in [9.17, 15) is 8.42 Å². The Morgan fingerprint density at radius 2 is 1.93 bits per heavy atom. The zero-order chi connectivity index (χ0) is 11.4. The van der Waals surface area contributed by atoms with Crippen LogP contribution in [0.5, 0.6) is 0 Å². The van der Waals surface area contributed by atoms with Crippen molar-refractivity contribution in [3.05, 3.63) is 0 Å². The van der Waals surface area contributed by atoms with E-state index in [1.54, 1.807) is 28.0 Å². The van der Waals surface area contributed by atoms with Crippen LogP contribution in [0, 0.1) is 0 Å². The van der Waals surface area contributed by atoms with Crippen molar-refractivity contribution in [3.8, 4) is 0 Å². The van der Waals surface area contributed by atoms with Gasteiger partial charge in [-0.1, -0.05) is 0 Å². The number of methoxy groups -OCH3 is 1. The second kappa shape index (κ2) is 5.90. The fraction of sp³-hybridized carbons (Fsp3) is 1.00. The van der Waals surface area contributed by atoms with Crippen molar-refractivity contribution in [1.29, 1.82) is 0 Å². The summed E-state index contributed by atoms with van der Waals surface area (Å²) in [6.45, 7) is 3.77. The first-order valence-electron chi connectivity index (χ1n) is 4.39. The molecule has 0 radical (unpaired) electrons. The monoisotopic (exact) mass is 243 g/mol. The minimum Gasteiger partial charge on any atom is -0.383 e. The molecule has 0 aliphatic carbocycles. The molecule has 0 saturated carbocycles. The lowest BCUT2D eigenvalue weighted by molar-refractivity contribution is 0.149. The van der Waals surface area contributed by atoms with Crippen molar-refractivity contribution >= 4 is 21.6 Å². The lowest BCUT2D eigenvalue weighted by Gasteiger charge is -2.26. The summed E-state index contributed by atoms with van der Waals surface area (Å²) in [5.41, 5.74) is 0. The zero-order valence-electron chi connectivity index (χ0n) is 9.03. The van der Waals surface area contributed by atoms with Crippen LogP contribution in [0.2, 0.25) is 0 Å². The first kappa shape index (κ1) is 14.2. The lowest BCUT2D eigenvalue weighted by atomic mass is 10.4. The van der Waals surface area contributed by atoms with Crippen LogP contribution < -0.4 is 0 Å². The number of ether oxygens (including phenoxy) is 1. The molecular formula is C8H18ClNO3S. The van der Waals surface area contributed by atoms with E-state index in [1.165, 1.54) is 4.31 Å². The third kappa shape index (κ3) is 3.38. The fourth-order valence-corrected chi connectivity index (χ4v) is 2.73. The van der Waals surface area contributed by atoms with E-state index >= 15 is 0 Å². The normalized spacial score (nSPS) is 17.0. The van der Waals surface area contributed by atoms with Gasteiger partial charge in [0.15, 0.2) is 0 Å². The Bertz CT molecular complexity index is 255. The smallest absolute Gasteiger partial charge is 0.217 e. The molecule has 0 aromatic carbocycles. The summed E-state index contributed by atoms with van der Waals surface area (Å²) in [6, 6.07) is -0.171. The molecule has 0 aromatic heterocycles. The van der Waals surface area contributed by atoms with Gasteiger partial charge in [0, 0.05) is 26.1 Å². The topological polar surface area (TPSA) is 46.6 Å². The molecule has 0 saturated heterocycles. The summed E-state index contributed by atoms with van der Waals surface area (Å²) < 4.78 is 29.7. The molecular weight excluding hydrogens is 226 g/mol. The molecule has 0 bridgehead atoms. The largest absolute Gasteiger partial charge is 0.383 e. The summed E-state index contributed by atoms with van der Waals surface area (Å²) in [5.74, 6) is 0.104. The quantitative estimate of drug-likeness (QED) is 0.652. The highest BCUT2D eigenvalue weighted by Gasteiger charge is 2.28. The second-order valence-corrected chi connectivity index (χ2v) is 6.05. The van der Waals surface area contributed by atoms with Gasteiger partial charge in [-0.2, -0.15) is 4.31 Å². The van der Waals surface area contributed by atoms with Gasteiger partial charge in [0.25, 0.3) is 0 Å². The van der Waals surface area contributed by atoms with Crippen molar-refractivity contribution in [2.75, 3.05) is 26.6 Å². The number of hydrogen-bond donors (Lipinski definition) is 0. The molecule has 0 N–H and O–H groups in total. The summed E-state index contributed by atoms with van der Waals surface area (Å²) >= 11 is 5.53. The predicted molar refractivity (Wildman–Crippen MR) is 58.2 cm³/mol. The van der Waals surface area contributed by atoms with Crippen molar-refractivity contribution in [2.24, 2.45) is 0 Å². The van der Waals surface area contributed by atoms with Crippen LogP contribution in [0.3, 0.4) is 0 Å². The molecule has 4 nitrogen and oxygen atoms in total. The first-order chi connectivity index (χ1) is 6.37. The Labute approximate surface area is 91.2 Å². The number of hydrogen-bond acceptors (Lipinski definition) is 3. The molecule has 6 heteroatoms. The van der Waals surface area contributed by atoms with Gasteiger partial charge in [0.1, 0.15) is 0 Å². The molecule has 0 aliphatic heterocycles. The fourth-order valence-electron chi connectivity index (χ4n) is 0.960. The molecule has 86 valence electrons. The standard InChI is InChI=1S/C8H18ClNO3S/c1-7(6-13-4)10(3)14(11,12)8(2)5-9/h7-8H,5-6H2,1-4H3. The Morgan fingerprint density at radius 1 is 1.43 bits per heavy atom. The number of rotatable bonds is 6. The van der Waals surface area contributed by atoms with Crippen molar-refractivity contribution in [2.45, 2.75) is 25.1 Å². The van der Waals surface area contributed by atoms with E-state index in [0.29, 0.717) is 6.61 Å². The van der Waals surface area contributed by atoms with E-state index in [1.807, 2.05) is 0 Å². The van der Waals surface area contributed by atoms with E-state index in [2.05, 4.69) is 0 Å². The summed E-state index contributed by atoms with van der Waals surface area (Å²) in [5, 5.41) is -0.562. The highest BCUT2D eigenvalue weighted by atomic mass is 35.5. The number of likely N-dealkylation sites (N-methyl/N-ethyl adjacent to an activating group) is 1. The van der Waals surface area contributed by atoms with Gasteiger partial charge >= 0.3 is 0 Å². The average molecular weight is 244 g/mol. The number of nitrogens with zero attached hydrogens (tertiary/aromatic N) is 1. The van der Waals surface area contributed by atoms with Gasteiger partial charge in [-0.05, 0) is 13.8 Å². The lowest BCUT2D eigenvalue weighted by Crippen LogP contribution is -2.42. The summed E-state index contributed by atoms with van der Waals surface area (Å²) in [7, 11) is -0.202. The molecule has 0 rings (SSSR count). The minimum atomic E-state index is -3.29. The van der Waals surface area contributed by atoms with E-state index < -0.39 is 15.3 Å². The summed E-state index contributed by atoms with van der Waals surface area (Å²) in [6.07, 6.45) is 0. The maximum absolute atomic E-state index is 11.8. The molecule has 0 aromatic rings. The Morgan fingerprint density at radius 3 is 2.29 bits per heavy atom. The van der Waals surface area contributed by atoms with E-state index in [4.69, 9.17) is 16.3 Å². The van der Waals surface area contributed by atoms with Gasteiger partial charge in [-0.25, -0.2) is 8.42 Å². The van der Waals surface area contributed by atoms with Gasteiger partial charge < -0.3 is 4.74 Å². The third-order valence-electron chi connectivity index (χ3n) is 2.16. The van der Waals surface area contributed by atoms with Gasteiger partial charge in [-0.15, -0.1) is 11.6 Å². The molecule has 0 heterocycles. The van der Waals surface area contributed by atoms with Crippen LogP contribution in [-0.4, -0.2) is 50.7 Å².